The summed E-state index contributed by atoms with van der Waals surface area (Å²) in [5.41, 5.74) is 6.71. The molecular weight excluding hydrogens is 228 g/mol. The minimum absolute atomic E-state index is 0.184. The van der Waals surface area contributed by atoms with Crippen molar-refractivity contribution in [3.05, 3.63) is 52.8 Å². The summed E-state index contributed by atoms with van der Waals surface area (Å²) in [5, 5.41) is 1.03. The van der Waals surface area contributed by atoms with E-state index in [9.17, 15) is 4.79 Å². The van der Waals surface area contributed by atoms with E-state index < -0.39 is 0 Å². The number of hydrogen-bond donors (Lipinski definition) is 2. The van der Waals surface area contributed by atoms with Gasteiger partial charge in [0.05, 0.1) is 5.52 Å². The van der Waals surface area contributed by atoms with Crippen LogP contribution in [0.5, 0.6) is 0 Å². The van der Waals surface area contributed by atoms with Gasteiger partial charge in [-0.15, -0.1) is 0 Å². The number of aromatic nitrogens is 3. The normalized spacial score (nSPS) is 10.7. The molecule has 2 heterocycles. The summed E-state index contributed by atoms with van der Waals surface area (Å²) in [7, 11) is 0. The summed E-state index contributed by atoms with van der Waals surface area (Å²) in [6.45, 7) is 0. The SMILES string of the molecule is Nc1cc(=O)[nH]c(-c2ccc3ccccc3n2)n1. The first-order valence-corrected chi connectivity index (χ1v) is 5.45. The van der Waals surface area contributed by atoms with E-state index in [0.717, 1.165) is 10.9 Å². The van der Waals surface area contributed by atoms with Crippen molar-refractivity contribution >= 4 is 16.7 Å². The molecule has 0 spiro atoms. The molecule has 0 radical (unpaired) electrons. The van der Waals surface area contributed by atoms with Crippen LogP contribution in [0.3, 0.4) is 0 Å². The van der Waals surface area contributed by atoms with Crippen LogP contribution in [0, 0.1) is 0 Å². The lowest BCUT2D eigenvalue weighted by atomic mass is 10.2. The van der Waals surface area contributed by atoms with Crippen LogP contribution in [0.2, 0.25) is 0 Å². The number of nitrogen functional groups attached to an aromatic ring is 1. The number of H-pyrrole nitrogens is 1. The monoisotopic (exact) mass is 238 g/mol. The third kappa shape index (κ3) is 1.82. The highest BCUT2D eigenvalue weighted by molar-refractivity contribution is 5.80. The van der Waals surface area contributed by atoms with E-state index in [0.29, 0.717) is 11.5 Å². The van der Waals surface area contributed by atoms with Crippen molar-refractivity contribution < 1.29 is 0 Å². The lowest BCUT2D eigenvalue weighted by Crippen LogP contribution is -2.10. The molecule has 1 aromatic carbocycles. The average Bonchev–Trinajstić information content (AvgIpc) is 2.37. The summed E-state index contributed by atoms with van der Waals surface area (Å²) in [6.07, 6.45) is 0. The third-order valence-electron chi connectivity index (χ3n) is 2.60. The molecule has 0 unspecified atom stereocenters. The first kappa shape index (κ1) is 10.5. The Hall–Kier alpha value is -2.69. The zero-order chi connectivity index (χ0) is 12.5. The van der Waals surface area contributed by atoms with E-state index in [1.807, 2.05) is 30.3 Å². The van der Waals surface area contributed by atoms with Gasteiger partial charge in [-0.05, 0) is 12.1 Å². The van der Waals surface area contributed by atoms with Gasteiger partial charge in [-0.1, -0.05) is 24.3 Å². The minimum Gasteiger partial charge on any atom is -0.383 e. The second-order valence-electron chi connectivity index (χ2n) is 3.91. The van der Waals surface area contributed by atoms with Crippen LogP contribution in [0.15, 0.2) is 47.3 Å². The fourth-order valence-corrected chi connectivity index (χ4v) is 1.80. The fraction of sp³-hybridized carbons (Fsp3) is 0. The van der Waals surface area contributed by atoms with Crippen LogP contribution < -0.4 is 11.3 Å². The molecule has 0 aliphatic rings. The Morgan fingerprint density at radius 3 is 2.72 bits per heavy atom. The molecular formula is C13H10N4O. The maximum Gasteiger partial charge on any atom is 0.253 e. The predicted octanol–water partition coefficient (Wildman–Crippen LogP) is 1.57. The average molecular weight is 238 g/mol. The minimum atomic E-state index is -0.285. The number of anilines is 1. The Morgan fingerprint density at radius 1 is 1.06 bits per heavy atom. The Labute approximate surface area is 102 Å². The van der Waals surface area contributed by atoms with E-state index in [2.05, 4.69) is 15.0 Å². The number of fused-ring (bicyclic) bond motifs is 1. The van der Waals surface area contributed by atoms with Crippen LogP contribution in [0.4, 0.5) is 5.82 Å². The van der Waals surface area contributed by atoms with E-state index >= 15 is 0 Å². The summed E-state index contributed by atoms with van der Waals surface area (Å²) in [6, 6.07) is 12.7. The van der Waals surface area contributed by atoms with Crippen molar-refractivity contribution in [1.82, 2.24) is 15.0 Å². The van der Waals surface area contributed by atoms with Crippen LogP contribution in [0.25, 0.3) is 22.4 Å². The van der Waals surface area contributed by atoms with Crippen molar-refractivity contribution in [1.29, 1.82) is 0 Å². The van der Waals surface area contributed by atoms with E-state index in [4.69, 9.17) is 5.73 Å². The number of pyridine rings is 1. The highest BCUT2D eigenvalue weighted by atomic mass is 16.1. The zero-order valence-corrected chi connectivity index (χ0v) is 9.42. The molecule has 2 aromatic heterocycles. The predicted molar refractivity (Wildman–Crippen MR) is 70.0 cm³/mol. The number of rotatable bonds is 1. The molecule has 3 N–H and O–H groups in total. The zero-order valence-electron chi connectivity index (χ0n) is 9.42. The smallest absolute Gasteiger partial charge is 0.253 e. The van der Waals surface area contributed by atoms with Crippen molar-refractivity contribution in [2.24, 2.45) is 0 Å². The molecule has 0 amide bonds. The molecule has 0 aliphatic carbocycles. The molecule has 5 heteroatoms. The highest BCUT2D eigenvalue weighted by Crippen LogP contribution is 2.17. The van der Waals surface area contributed by atoms with E-state index in [-0.39, 0.29) is 11.4 Å². The molecule has 0 bridgehead atoms. The summed E-state index contributed by atoms with van der Waals surface area (Å²) >= 11 is 0. The molecule has 0 saturated carbocycles. The van der Waals surface area contributed by atoms with Gasteiger partial charge in [0.2, 0.25) is 0 Å². The van der Waals surface area contributed by atoms with E-state index in [1.54, 1.807) is 6.07 Å². The van der Waals surface area contributed by atoms with Gasteiger partial charge < -0.3 is 10.7 Å². The van der Waals surface area contributed by atoms with Gasteiger partial charge in [0, 0.05) is 11.5 Å². The van der Waals surface area contributed by atoms with Gasteiger partial charge in [0.25, 0.3) is 5.56 Å². The highest BCUT2D eigenvalue weighted by Gasteiger charge is 2.04. The molecule has 88 valence electrons. The maximum absolute atomic E-state index is 11.3. The van der Waals surface area contributed by atoms with Gasteiger partial charge in [0.15, 0.2) is 5.82 Å². The van der Waals surface area contributed by atoms with Crippen LogP contribution >= 0.6 is 0 Å². The van der Waals surface area contributed by atoms with Crippen molar-refractivity contribution in [2.45, 2.75) is 0 Å². The second kappa shape index (κ2) is 3.96. The number of hydrogen-bond acceptors (Lipinski definition) is 4. The standard InChI is InChI=1S/C13H10N4O/c14-11-7-12(18)17-13(16-11)10-6-5-8-3-1-2-4-9(8)15-10/h1-7H,(H3,14,16,17,18). The first-order valence-electron chi connectivity index (χ1n) is 5.45. The maximum atomic E-state index is 11.3. The number of nitrogens with two attached hydrogens (primary N) is 1. The third-order valence-corrected chi connectivity index (χ3v) is 2.60. The van der Waals surface area contributed by atoms with Crippen LogP contribution in [-0.4, -0.2) is 15.0 Å². The van der Waals surface area contributed by atoms with Crippen molar-refractivity contribution in [2.75, 3.05) is 5.73 Å². The number of benzene rings is 1. The molecule has 3 aromatic rings. The summed E-state index contributed by atoms with van der Waals surface area (Å²) in [5.74, 6) is 0.564. The number of nitrogens with zero attached hydrogens (tertiary/aromatic N) is 2. The number of aromatic amines is 1. The molecule has 3 rings (SSSR count). The Balaban J connectivity index is 2.22. The van der Waals surface area contributed by atoms with Gasteiger partial charge in [-0.2, -0.15) is 0 Å². The Bertz CT molecular complexity index is 779. The first-order chi connectivity index (χ1) is 8.72. The molecule has 5 nitrogen and oxygen atoms in total. The molecule has 0 atom stereocenters. The molecule has 0 fully saturated rings. The number of para-hydroxylation sites is 1. The van der Waals surface area contributed by atoms with Gasteiger partial charge in [-0.3, -0.25) is 4.79 Å². The van der Waals surface area contributed by atoms with Crippen LogP contribution in [0.1, 0.15) is 0 Å². The summed E-state index contributed by atoms with van der Waals surface area (Å²) in [4.78, 5) is 22.5. The fourth-order valence-electron chi connectivity index (χ4n) is 1.80. The molecule has 0 aliphatic heterocycles. The number of nitrogens with one attached hydrogen (secondary N) is 1. The van der Waals surface area contributed by atoms with Gasteiger partial charge in [0.1, 0.15) is 11.5 Å². The molecule has 18 heavy (non-hydrogen) atoms. The Morgan fingerprint density at radius 2 is 1.89 bits per heavy atom. The van der Waals surface area contributed by atoms with Crippen molar-refractivity contribution in [3.8, 4) is 11.5 Å². The van der Waals surface area contributed by atoms with Gasteiger partial charge >= 0.3 is 0 Å². The molecule has 0 saturated heterocycles. The quantitative estimate of drug-likeness (QED) is 0.673. The largest absolute Gasteiger partial charge is 0.383 e. The van der Waals surface area contributed by atoms with Crippen molar-refractivity contribution in [3.63, 3.8) is 0 Å². The second-order valence-corrected chi connectivity index (χ2v) is 3.91. The van der Waals surface area contributed by atoms with Gasteiger partial charge in [-0.25, -0.2) is 9.97 Å². The lowest BCUT2D eigenvalue weighted by Gasteiger charge is -2.02. The topological polar surface area (TPSA) is 84.7 Å². The Kier molecular flexibility index (Phi) is 2.30. The summed E-state index contributed by atoms with van der Waals surface area (Å²) < 4.78 is 0. The lowest BCUT2D eigenvalue weighted by molar-refractivity contribution is 1.12. The van der Waals surface area contributed by atoms with Crippen LogP contribution in [-0.2, 0) is 0 Å². The van der Waals surface area contributed by atoms with E-state index in [1.165, 1.54) is 6.07 Å².